The Hall–Kier alpha value is -0.900. The maximum absolute atomic E-state index is 12.3. The summed E-state index contributed by atoms with van der Waals surface area (Å²) < 4.78 is 10.7. The van der Waals surface area contributed by atoms with E-state index in [-0.39, 0.29) is 34.8 Å². The first-order valence-electron chi connectivity index (χ1n) is 8.89. The van der Waals surface area contributed by atoms with E-state index < -0.39 is 5.92 Å². The highest BCUT2D eigenvalue weighted by Crippen LogP contribution is 2.45. The monoisotopic (exact) mass is 326 g/mol. The van der Waals surface area contributed by atoms with Gasteiger partial charge in [-0.25, -0.2) is 0 Å². The Morgan fingerprint density at radius 3 is 2.09 bits per heavy atom. The number of hydrogen-bond acceptors (Lipinski definition) is 4. The topological polar surface area (TPSA) is 52.6 Å². The number of rotatable bonds is 9. The van der Waals surface area contributed by atoms with Crippen LogP contribution in [0.5, 0.6) is 0 Å². The van der Waals surface area contributed by atoms with Crippen LogP contribution in [0.2, 0.25) is 0 Å². The molecule has 0 amide bonds. The van der Waals surface area contributed by atoms with E-state index in [0.29, 0.717) is 6.42 Å². The molecule has 1 heterocycles. The molecule has 1 aliphatic heterocycles. The van der Waals surface area contributed by atoms with Gasteiger partial charge in [0.05, 0.1) is 17.9 Å². The van der Waals surface area contributed by atoms with E-state index in [1.54, 1.807) is 7.11 Å². The molecule has 23 heavy (non-hydrogen) atoms. The van der Waals surface area contributed by atoms with E-state index in [4.69, 9.17) is 9.47 Å². The molecule has 3 unspecified atom stereocenters. The molecule has 0 radical (unpaired) electrons. The minimum atomic E-state index is -0.398. The van der Waals surface area contributed by atoms with Crippen LogP contribution in [0.15, 0.2) is 0 Å². The van der Waals surface area contributed by atoms with Gasteiger partial charge in [0.1, 0.15) is 0 Å². The number of carbonyl (C=O) groups is 2. The van der Waals surface area contributed by atoms with Crippen molar-refractivity contribution >= 4 is 11.9 Å². The Morgan fingerprint density at radius 1 is 1.04 bits per heavy atom. The highest BCUT2D eigenvalue weighted by atomic mass is 16.6. The SMILES string of the molecule is CCCC(C)(C)C(CC1C(=O)OC(=O)C1C(C)(C)CCC)OC. The van der Waals surface area contributed by atoms with E-state index >= 15 is 0 Å². The van der Waals surface area contributed by atoms with Crippen molar-refractivity contribution < 1.29 is 19.1 Å². The molecule has 0 aliphatic carbocycles. The number of esters is 2. The molecule has 0 spiro atoms. The summed E-state index contributed by atoms with van der Waals surface area (Å²) >= 11 is 0. The zero-order valence-corrected chi connectivity index (χ0v) is 15.9. The first-order valence-corrected chi connectivity index (χ1v) is 8.89. The van der Waals surface area contributed by atoms with Gasteiger partial charge in [0.25, 0.3) is 0 Å². The standard InChI is InChI=1S/C19H34O4/c1-8-10-18(3,4)14(22-7)12-13-15(17(21)23-16(13)20)19(5,6)11-9-2/h13-15H,8-12H2,1-7H3. The number of ether oxygens (including phenoxy) is 2. The second kappa shape index (κ2) is 7.78. The summed E-state index contributed by atoms with van der Waals surface area (Å²) in [6.07, 6.45) is 4.44. The van der Waals surface area contributed by atoms with E-state index in [9.17, 15) is 9.59 Å². The Kier molecular flexibility index (Phi) is 6.81. The fourth-order valence-electron chi connectivity index (χ4n) is 4.20. The van der Waals surface area contributed by atoms with Crippen LogP contribution in [0.3, 0.4) is 0 Å². The Bertz CT molecular complexity index is 425. The summed E-state index contributed by atoms with van der Waals surface area (Å²) in [4.78, 5) is 24.6. The number of cyclic esters (lactones) is 2. The van der Waals surface area contributed by atoms with Gasteiger partial charge in [-0.05, 0) is 30.1 Å². The lowest BCUT2D eigenvalue weighted by Crippen LogP contribution is -2.39. The quantitative estimate of drug-likeness (QED) is 0.466. The average molecular weight is 326 g/mol. The van der Waals surface area contributed by atoms with E-state index in [1.165, 1.54) is 0 Å². The van der Waals surface area contributed by atoms with Crippen molar-refractivity contribution in [1.29, 1.82) is 0 Å². The summed E-state index contributed by atoms with van der Waals surface area (Å²) in [6, 6.07) is 0. The van der Waals surface area contributed by atoms with Crippen LogP contribution in [-0.2, 0) is 19.1 Å². The molecule has 0 aromatic heterocycles. The molecule has 134 valence electrons. The van der Waals surface area contributed by atoms with Crippen LogP contribution in [0.25, 0.3) is 0 Å². The minimum Gasteiger partial charge on any atom is -0.393 e. The van der Waals surface area contributed by atoms with E-state index in [1.807, 2.05) is 0 Å². The van der Waals surface area contributed by atoms with E-state index in [2.05, 4.69) is 41.5 Å². The third-order valence-electron chi connectivity index (χ3n) is 5.41. The van der Waals surface area contributed by atoms with Crippen LogP contribution < -0.4 is 0 Å². The predicted molar refractivity (Wildman–Crippen MR) is 90.9 cm³/mol. The highest BCUT2D eigenvalue weighted by molar-refractivity contribution is 5.96. The Morgan fingerprint density at radius 2 is 1.61 bits per heavy atom. The van der Waals surface area contributed by atoms with Crippen LogP contribution in [0.4, 0.5) is 0 Å². The Labute approximate surface area is 141 Å². The van der Waals surface area contributed by atoms with Crippen molar-refractivity contribution in [3.05, 3.63) is 0 Å². The number of methoxy groups -OCH3 is 1. The molecule has 0 N–H and O–H groups in total. The maximum Gasteiger partial charge on any atom is 0.318 e. The second-order valence-corrected chi connectivity index (χ2v) is 8.26. The van der Waals surface area contributed by atoms with Crippen molar-refractivity contribution in [2.24, 2.45) is 22.7 Å². The lowest BCUT2D eigenvalue weighted by molar-refractivity contribution is -0.154. The van der Waals surface area contributed by atoms with Crippen LogP contribution in [0, 0.1) is 22.7 Å². The molecule has 1 saturated heterocycles. The summed E-state index contributed by atoms with van der Waals surface area (Å²) in [5, 5.41) is 0. The molecule has 4 nitrogen and oxygen atoms in total. The minimum absolute atomic E-state index is 0.0329. The van der Waals surface area contributed by atoms with Crippen LogP contribution in [0.1, 0.15) is 73.6 Å². The van der Waals surface area contributed by atoms with Crippen molar-refractivity contribution in [3.63, 3.8) is 0 Å². The molecule has 0 bridgehead atoms. The molecule has 0 aromatic carbocycles. The Balaban J connectivity index is 3.02. The third-order valence-corrected chi connectivity index (χ3v) is 5.41. The molecule has 4 heteroatoms. The molecule has 0 aromatic rings. The van der Waals surface area contributed by atoms with Gasteiger partial charge in [0, 0.05) is 7.11 Å². The van der Waals surface area contributed by atoms with Gasteiger partial charge >= 0.3 is 11.9 Å². The molecular weight excluding hydrogens is 292 g/mol. The lowest BCUT2D eigenvalue weighted by atomic mass is 9.67. The largest absolute Gasteiger partial charge is 0.393 e. The normalized spacial score (nSPS) is 24.0. The third kappa shape index (κ3) is 4.56. The zero-order valence-electron chi connectivity index (χ0n) is 15.9. The fraction of sp³-hybridized carbons (Fsp3) is 0.895. The first-order chi connectivity index (χ1) is 10.6. The van der Waals surface area contributed by atoms with Crippen molar-refractivity contribution in [1.82, 2.24) is 0 Å². The van der Waals surface area contributed by atoms with Gasteiger partial charge in [0.15, 0.2) is 0 Å². The first kappa shape index (κ1) is 20.1. The second-order valence-electron chi connectivity index (χ2n) is 8.26. The highest BCUT2D eigenvalue weighted by Gasteiger charge is 2.52. The van der Waals surface area contributed by atoms with Crippen LogP contribution in [-0.4, -0.2) is 25.2 Å². The molecular formula is C19H34O4. The van der Waals surface area contributed by atoms with Gasteiger partial charge in [-0.2, -0.15) is 0 Å². The molecule has 1 aliphatic rings. The van der Waals surface area contributed by atoms with Gasteiger partial charge in [-0.15, -0.1) is 0 Å². The van der Waals surface area contributed by atoms with Crippen LogP contribution >= 0.6 is 0 Å². The molecule has 0 saturated carbocycles. The smallest absolute Gasteiger partial charge is 0.318 e. The van der Waals surface area contributed by atoms with E-state index in [0.717, 1.165) is 25.7 Å². The van der Waals surface area contributed by atoms with Gasteiger partial charge in [-0.1, -0.05) is 54.4 Å². The molecule has 1 rings (SSSR count). The fourth-order valence-corrected chi connectivity index (χ4v) is 4.20. The average Bonchev–Trinajstić information content (AvgIpc) is 2.70. The molecule has 3 atom stereocenters. The van der Waals surface area contributed by atoms with Gasteiger partial charge < -0.3 is 9.47 Å². The number of hydrogen-bond donors (Lipinski definition) is 0. The van der Waals surface area contributed by atoms with Crippen molar-refractivity contribution in [3.8, 4) is 0 Å². The maximum atomic E-state index is 12.3. The van der Waals surface area contributed by atoms with Crippen molar-refractivity contribution in [2.45, 2.75) is 79.8 Å². The lowest BCUT2D eigenvalue weighted by Gasteiger charge is -2.37. The van der Waals surface area contributed by atoms with Gasteiger partial charge in [-0.3, -0.25) is 9.59 Å². The van der Waals surface area contributed by atoms with Gasteiger partial charge in [0.2, 0.25) is 0 Å². The number of carbonyl (C=O) groups excluding carboxylic acids is 2. The summed E-state index contributed by atoms with van der Waals surface area (Å²) in [5.41, 5.74) is -0.273. The molecule has 1 fully saturated rings. The summed E-state index contributed by atoms with van der Waals surface area (Å²) in [5.74, 6) is -1.50. The summed E-state index contributed by atoms with van der Waals surface area (Å²) in [6.45, 7) is 12.7. The van der Waals surface area contributed by atoms with Crippen molar-refractivity contribution in [2.75, 3.05) is 7.11 Å². The zero-order chi connectivity index (χ0) is 17.8. The predicted octanol–water partition coefficient (Wildman–Crippen LogP) is 4.36. The summed E-state index contributed by atoms with van der Waals surface area (Å²) in [7, 11) is 1.69.